The molecule has 4 aromatic rings. The monoisotopic (exact) mass is 435 g/mol. The Hall–Kier alpha value is -2.90. The summed E-state index contributed by atoms with van der Waals surface area (Å²) in [6.07, 6.45) is 3.88. The molecule has 1 aliphatic rings. The summed E-state index contributed by atoms with van der Waals surface area (Å²) < 4.78 is 1.78. The van der Waals surface area contributed by atoms with Gasteiger partial charge in [0.25, 0.3) is 0 Å². The zero-order valence-electron chi connectivity index (χ0n) is 16.0. The summed E-state index contributed by atoms with van der Waals surface area (Å²) >= 11 is 7.80. The van der Waals surface area contributed by atoms with E-state index in [1.54, 1.807) is 10.9 Å². The van der Waals surface area contributed by atoms with Gasteiger partial charge in [-0.1, -0.05) is 53.7 Å². The number of nitrogens with one attached hydrogen (secondary N) is 1. The van der Waals surface area contributed by atoms with Crippen molar-refractivity contribution in [1.29, 1.82) is 0 Å². The molecule has 0 radical (unpaired) electrons. The molecule has 1 fully saturated rings. The maximum atomic E-state index is 12.2. The lowest BCUT2D eigenvalue weighted by Gasteiger charge is -2.09. The highest BCUT2D eigenvalue weighted by Gasteiger charge is 2.24. The lowest BCUT2D eigenvalue weighted by molar-refractivity contribution is -0.118. The molecule has 30 heavy (non-hydrogen) atoms. The number of hydrogen-bond donors (Lipinski definition) is 1. The van der Waals surface area contributed by atoms with Gasteiger partial charge in [-0.05, 0) is 37.1 Å². The zero-order valence-corrected chi connectivity index (χ0v) is 17.5. The number of carbonyl (C=O) groups is 1. The van der Waals surface area contributed by atoms with E-state index >= 15 is 0 Å². The van der Waals surface area contributed by atoms with Crippen LogP contribution < -0.4 is 5.32 Å². The Balaban J connectivity index is 1.59. The number of hydrogen-bond acceptors (Lipinski definition) is 5. The van der Waals surface area contributed by atoms with Gasteiger partial charge in [0, 0.05) is 11.6 Å². The van der Waals surface area contributed by atoms with Gasteiger partial charge >= 0.3 is 0 Å². The molecular weight excluding hydrogens is 418 g/mol. The van der Waals surface area contributed by atoms with Gasteiger partial charge in [0.1, 0.15) is 5.03 Å². The number of thioether (sulfide) groups is 1. The molecule has 0 spiro atoms. The van der Waals surface area contributed by atoms with Crippen LogP contribution in [-0.2, 0) is 4.79 Å². The number of para-hydroxylation sites is 1. The Bertz CT molecular complexity index is 1220. The number of carbonyl (C=O) groups excluding carboxylic acids is 1. The predicted molar refractivity (Wildman–Crippen MR) is 119 cm³/mol. The van der Waals surface area contributed by atoms with Crippen molar-refractivity contribution in [3.63, 3.8) is 0 Å². The van der Waals surface area contributed by atoms with Gasteiger partial charge in [-0.25, -0.2) is 14.6 Å². The Morgan fingerprint density at radius 1 is 1.10 bits per heavy atom. The van der Waals surface area contributed by atoms with Gasteiger partial charge in [0.15, 0.2) is 11.5 Å². The minimum Gasteiger partial charge on any atom is -0.353 e. The highest BCUT2D eigenvalue weighted by molar-refractivity contribution is 8.00. The first kappa shape index (κ1) is 19.1. The second-order valence-electron chi connectivity index (χ2n) is 7.09. The Kier molecular flexibility index (Phi) is 5.14. The summed E-state index contributed by atoms with van der Waals surface area (Å²) in [5, 5.41) is 9.64. The van der Waals surface area contributed by atoms with Crippen LogP contribution in [0.4, 0.5) is 0 Å². The number of halogens is 1. The molecule has 6 nitrogen and oxygen atoms in total. The molecule has 150 valence electrons. The topological polar surface area (TPSA) is 72.7 Å². The summed E-state index contributed by atoms with van der Waals surface area (Å²) in [7, 11) is 0. The zero-order chi connectivity index (χ0) is 20.5. The van der Waals surface area contributed by atoms with Crippen molar-refractivity contribution in [2.75, 3.05) is 5.75 Å². The number of fused-ring (bicyclic) bond motifs is 1. The summed E-state index contributed by atoms with van der Waals surface area (Å²) in [6.45, 7) is 0. The van der Waals surface area contributed by atoms with Crippen LogP contribution >= 0.6 is 23.4 Å². The van der Waals surface area contributed by atoms with Gasteiger partial charge in [0.2, 0.25) is 5.91 Å². The molecule has 1 N–H and O–H groups in total. The van der Waals surface area contributed by atoms with Crippen molar-refractivity contribution >= 4 is 40.3 Å². The first-order valence-electron chi connectivity index (χ1n) is 9.67. The van der Waals surface area contributed by atoms with E-state index in [4.69, 9.17) is 21.6 Å². The van der Waals surface area contributed by atoms with Crippen LogP contribution in [0.25, 0.3) is 28.1 Å². The number of amides is 1. The molecule has 2 aromatic heterocycles. The first-order valence-corrected chi connectivity index (χ1v) is 11.0. The molecule has 0 unspecified atom stereocenters. The number of rotatable bonds is 6. The van der Waals surface area contributed by atoms with E-state index in [0.29, 0.717) is 33.3 Å². The third-order valence-electron chi connectivity index (χ3n) is 4.79. The van der Waals surface area contributed by atoms with Crippen LogP contribution in [0, 0.1) is 0 Å². The maximum Gasteiger partial charge on any atom is 0.230 e. The number of benzene rings is 2. The van der Waals surface area contributed by atoms with Crippen molar-refractivity contribution in [3.05, 3.63) is 65.8 Å². The second kappa shape index (κ2) is 8.08. The minimum absolute atomic E-state index is 0.0176. The summed E-state index contributed by atoms with van der Waals surface area (Å²) in [5.74, 6) is 0.820. The average Bonchev–Trinajstić information content (AvgIpc) is 3.47. The fraction of sp³-hybridized carbons (Fsp3) is 0.182. The normalized spacial score (nSPS) is 13.5. The predicted octanol–water partition coefficient (Wildman–Crippen LogP) is 4.51. The standard InChI is InChI=1S/C22H18ClN5OS/c23-18-9-5-4-8-16(18)20-26-21-17(12-24-28(21)15-6-2-1-3-7-15)22(27-20)30-13-19(29)25-14-10-11-14/h1-9,12,14H,10-11,13H2,(H,25,29). The molecule has 2 aromatic carbocycles. The quantitative estimate of drug-likeness (QED) is 0.356. The number of nitrogens with zero attached hydrogens (tertiary/aromatic N) is 4. The van der Waals surface area contributed by atoms with E-state index in [0.717, 1.165) is 29.5 Å². The van der Waals surface area contributed by atoms with Gasteiger partial charge in [0.05, 0.1) is 28.0 Å². The second-order valence-corrected chi connectivity index (χ2v) is 8.46. The third-order valence-corrected chi connectivity index (χ3v) is 6.11. The Morgan fingerprint density at radius 2 is 1.87 bits per heavy atom. The molecule has 2 heterocycles. The molecule has 0 bridgehead atoms. The van der Waals surface area contributed by atoms with E-state index in [1.165, 1.54) is 11.8 Å². The van der Waals surface area contributed by atoms with E-state index in [1.807, 2.05) is 54.6 Å². The first-order chi connectivity index (χ1) is 14.7. The molecule has 5 rings (SSSR count). The number of aromatic nitrogens is 4. The van der Waals surface area contributed by atoms with Crippen molar-refractivity contribution in [3.8, 4) is 17.1 Å². The summed E-state index contributed by atoms with van der Waals surface area (Å²) in [6, 6.07) is 17.6. The Labute approximate surface area is 182 Å². The van der Waals surface area contributed by atoms with Gasteiger partial charge in [-0.3, -0.25) is 4.79 Å². The molecule has 0 aliphatic heterocycles. The van der Waals surface area contributed by atoms with E-state index in [2.05, 4.69) is 10.4 Å². The van der Waals surface area contributed by atoms with Crippen molar-refractivity contribution in [2.24, 2.45) is 0 Å². The highest BCUT2D eigenvalue weighted by Crippen LogP contribution is 2.32. The smallest absolute Gasteiger partial charge is 0.230 e. The van der Waals surface area contributed by atoms with Crippen LogP contribution in [0.5, 0.6) is 0 Å². The van der Waals surface area contributed by atoms with Gasteiger partial charge in [-0.15, -0.1) is 0 Å². The maximum absolute atomic E-state index is 12.2. The molecular formula is C22H18ClN5OS. The Morgan fingerprint density at radius 3 is 2.63 bits per heavy atom. The van der Waals surface area contributed by atoms with E-state index < -0.39 is 0 Å². The molecule has 1 amide bonds. The largest absolute Gasteiger partial charge is 0.353 e. The molecule has 0 atom stereocenters. The van der Waals surface area contributed by atoms with Crippen molar-refractivity contribution in [2.45, 2.75) is 23.9 Å². The fourth-order valence-corrected chi connectivity index (χ4v) is 4.17. The minimum atomic E-state index is 0.0176. The lowest BCUT2D eigenvalue weighted by atomic mass is 10.2. The average molecular weight is 436 g/mol. The van der Waals surface area contributed by atoms with Gasteiger partial charge in [-0.2, -0.15) is 5.10 Å². The summed E-state index contributed by atoms with van der Waals surface area (Å²) in [5.41, 5.74) is 2.32. The molecule has 1 aliphatic carbocycles. The highest BCUT2D eigenvalue weighted by atomic mass is 35.5. The van der Waals surface area contributed by atoms with Crippen LogP contribution in [0.1, 0.15) is 12.8 Å². The summed E-state index contributed by atoms with van der Waals surface area (Å²) in [4.78, 5) is 21.7. The lowest BCUT2D eigenvalue weighted by Crippen LogP contribution is -2.27. The fourth-order valence-electron chi connectivity index (χ4n) is 3.14. The van der Waals surface area contributed by atoms with Crippen LogP contribution in [0.2, 0.25) is 5.02 Å². The SMILES string of the molecule is O=C(CSc1nc(-c2ccccc2Cl)nc2c1cnn2-c1ccccc1)NC1CC1. The van der Waals surface area contributed by atoms with Crippen molar-refractivity contribution < 1.29 is 4.79 Å². The third kappa shape index (κ3) is 3.91. The van der Waals surface area contributed by atoms with Crippen LogP contribution in [-0.4, -0.2) is 37.5 Å². The molecule has 1 saturated carbocycles. The van der Waals surface area contributed by atoms with Crippen LogP contribution in [0.3, 0.4) is 0 Å². The van der Waals surface area contributed by atoms with Gasteiger partial charge < -0.3 is 5.32 Å². The van der Waals surface area contributed by atoms with E-state index in [9.17, 15) is 4.79 Å². The molecule has 8 heteroatoms. The van der Waals surface area contributed by atoms with Crippen LogP contribution in [0.15, 0.2) is 65.8 Å². The van der Waals surface area contributed by atoms with Crippen molar-refractivity contribution in [1.82, 2.24) is 25.1 Å². The van der Waals surface area contributed by atoms with E-state index in [-0.39, 0.29) is 5.91 Å². The molecule has 0 saturated heterocycles.